The number of benzene rings is 3. The Hall–Kier alpha value is -3.80. The highest BCUT2D eigenvalue weighted by atomic mass is 16.5. The van der Waals surface area contributed by atoms with Gasteiger partial charge in [-0.3, -0.25) is 4.99 Å². The van der Waals surface area contributed by atoms with Crippen LogP contribution >= 0.6 is 0 Å². The van der Waals surface area contributed by atoms with Crippen LogP contribution in [0.2, 0.25) is 0 Å². The zero-order chi connectivity index (χ0) is 20.5. The van der Waals surface area contributed by atoms with Crippen LogP contribution in [0.15, 0.2) is 82.8 Å². The zero-order valence-corrected chi connectivity index (χ0v) is 16.6. The molecule has 6 heteroatoms. The second-order valence-corrected chi connectivity index (χ2v) is 6.00. The first-order valence-electron chi connectivity index (χ1n) is 9.02. The van der Waals surface area contributed by atoms with E-state index in [1.54, 1.807) is 27.5 Å². The van der Waals surface area contributed by atoms with Gasteiger partial charge in [-0.1, -0.05) is 0 Å². The highest BCUT2D eigenvalue weighted by Gasteiger charge is 2.01. The molecule has 3 aromatic rings. The maximum atomic E-state index is 5.21. The van der Waals surface area contributed by atoms with Crippen molar-refractivity contribution in [3.63, 3.8) is 0 Å². The molecule has 0 fully saturated rings. The topological polar surface area (TPSA) is 64.4 Å². The second kappa shape index (κ2) is 9.94. The minimum Gasteiger partial charge on any atom is -0.497 e. The molecule has 148 valence electrons. The third-order valence-electron chi connectivity index (χ3n) is 4.09. The highest BCUT2D eigenvalue weighted by Crippen LogP contribution is 2.20. The third-order valence-corrected chi connectivity index (χ3v) is 4.09. The van der Waals surface area contributed by atoms with Gasteiger partial charge >= 0.3 is 0 Å². The molecular formula is C23H23N3O3. The monoisotopic (exact) mass is 389 g/mol. The molecule has 29 heavy (non-hydrogen) atoms. The molecule has 0 aliphatic carbocycles. The van der Waals surface area contributed by atoms with Crippen molar-refractivity contribution in [1.29, 1.82) is 0 Å². The maximum Gasteiger partial charge on any atom is 0.149 e. The molecule has 0 aromatic heterocycles. The lowest BCUT2D eigenvalue weighted by atomic mass is 10.3. The molecule has 0 amide bonds. The van der Waals surface area contributed by atoms with Crippen molar-refractivity contribution in [2.75, 3.05) is 26.6 Å². The Bertz CT molecular complexity index is 964. The second-order valence-electron chi connectivity index (χ2n) is 6.00. The average molecular weight is 389 g/mol. The molecule has 3 aromatic carbocycles. The third kappa shape index (κ3) is 5.84. The first kappa shape index (κ1) is 19.9. The fourth-order valence-electron chi connectivity index (χ4n) is 2.51. The Kier molecular flexibility index (Phi) is 6.84. The predicted molar refractivity (Wildman–Crippen MR) is 118 cm³/mol. The smallest absolute Gasteiger partial charge is 0.149 e. The summed E-state index contributed by atoms with van der Waals surface area (Å²) in [6, 6.07) is 22.6. The normalized spacial score (nSPS) is 11.3. The summed E-state index contributed by atoms with van der Waals surface area (Å²) >= 11 is 0. The number of amidine groups is 1. The molecular weight excluding hydrogens is 366 g/mol. The molecule has 0 saturated heterocycles. The van der Waals surface area contributed by atoms with E-state index in [-0.39, 0.29) is 0 Å². The van der Waals surface area contributed by atoms with Gasteiger partial charge in [0.05, 0.1) is 38.9 Å². The molecule has 0 bridgehead atoms. The van der Waals surface area contributed by atoms with Crippen LogP contribution in [0.5, 0.6) is 17.2 Å². The number of methoxy groups -OCH3 is 3. The number of aliphatic imine (C=N–C) groups is 2. The summed E-state index contributed by atoms with van der Waals surface area (Å²) in [5.41, 5.74) is 2.45. The van der Waals surface area contributed by atoms with Crippen LogP contribution < -0.4 is 19.5 Å². The lowest BCUT2D eigenvalue weighted by Crippen LogP contribution is -2.13. The number of nitrogens with zero attached hydrogens (tertiary/aromatic N) is 2. The quantitative estimate of drug-likeness (QED) is 0.442. The Morgan fingerprint density at radius 1 is 0.655 bits per heavy atom. The minimum atomic E-state index is 0.594. The Morgan fingerprint density at radius 2 is 1.10 bits per heavy atom. The molecule has 0 atom stereocenters. The van der Waals surface area contributed by atoms with Crippen LogP contribution in [0.3, 0.4) is 0 Å². The molecule has 0 spiro atoms. The van der Waals surface area contributed by atoms with E-state index < -0.39 is 0 Å². The van der Waals surface area contributed by atoms with Crippen LogP contribution in [-0.4, -0.2) is 33.4 Å². The summed E-state index contributed by atoms with van der Waals surface area (Å²) < 4.78 is 15.6. The van der Waals surface area contributed by atoms with Crippen molar-refractivity contribution in [2.45, 2.75) is 0 Å². The van der Waals surface area contributed by atoms with E-state index in [2.05, 4.69) is 15.3 Å². The van der Waals surface area contributed by atoms with E-state index in [4.69, 9.17) is 14.2 Å². The number of hydrogen-bond acceptors (Lipinski definition) is 5. The Morgan fingerprint density at radius 3 is 1.59 bits per heavy atom. The lowest BCUT2D eigenvalue weighted by Gasteiger charge is -2.08. The molecule has 0 heterocycles. The molecule has 0 radical (unpaired) electrons. The Balaban J connectivity index is 1.85. The van der Waals surface area contributed by atoms with Gasteiger partial charge in [-0.2, -0.15) is 0 Å². The molecule has 0 aliphatic rings. The molecule has 0 unspecified atom stereocenters. The summed E-state index contributed by atoms with van der Waals surface area (Å²) in [5.74, 6) is 2.94. The van der Waals surface area contributed by atoms with Crippen LogP contribution in [0.1, 0.15) is 0 Å². The molecule has 0 saturated carbocycles. The van der Waals surface area contributed by atoms with Gasteiger partial charge in [0.25, 0.3) is 0 Å². The predicted octanol–water partition coefficient (Wildman–Crippen LogP) is 5.26. The lowest BCUT2D eigenvalue weighted by molar-refractivity contribution is 0.414. The van der Waals surface area contributed by atoms with Crippen molar-refractivity contribution in [3.8, 4) is 17.2 Å². The van der Waals surface area contributed by atoms with Gasteiger partial charge < -0.3 is 19.5 Å². The molecule has 6 nitrogen and oxygen atoms in total. The largest absolute Gasteiger partial charge is 0.497 e. The van der Waals surface area contributed by atoms with Crippen LogP contribution in [-0.2, 0) is 0 Å². The zero-order valence-electron chi connectivity index (χ0n) is 16.6. The van der Waals surface area contributed by atoms with Gasteiger partial charge in [-0.15, -0.1) is 0 Å². The van der Waals surface area contributed by atoms with Gasteiger partial charge in [0.15, 0.2) is 0 Å². The van der Waals surface area contributed by atoms with Crippen molar-refractivity contribution in [2.24, 2.45) is 9.98 Å². The number of anilines is 1. The number of hydrogen-bond donors (Lipinski definition) is 1. The summed E-state index contributed by atoms with van der Waals surface area (Å²) in [6.45, 7) is 0. The van der Waals surface area contributed by atoms with Crippen molar-refractivity contribution < 1.29 is 14.2 Å². The van der Waals surface area contributed by atoms with Crippen molar-refractivity contribution in [1.82, 2.24) is 0 Å². The van der Waals surface area contributed by atoms with Crippen molar-refractivity contribution >= 4 is 29.1 Å². The summed E-state index contributed by atoms with van der Waals surface area (Å²) in [7, 11) is 4.91. The molecule has 1 N–H and O–H groups in total. The highest BCUT2D eigenvalue weighted by molar-refractivity contribution is 6.35. The summed E-state index contributed by atoms with van der Waals surface area (Å²) in [4.78, 5) is 9.18. The maximum absolute atomic E-state index is 5.21. The molecule has 0 aliphatic heterocycles. The van der Waals surface area contributed by atoms with Gasteiger partial charge in [0, 0.05) is 5.69 Å². The van der Waals surface area contributed by atoms with Crippen LogP contribution in [0, 0.1) is 0 Å². The number of nitrogens with one attached hydrogen (secondary N) is 1. The average Bonchev–Trinajstić information content (AvgIpc) is 2.79. The Labute approximate surface area is 170 Å². The van der Waals surface area contributed by atoms with E-state index in [1.165, 1.54) is 0 Å². The first-order valence-corrected chi connectivity index (χ1v) is 9.02. The van der Waals surface area contributed by atoms with E-state index in [1.807, 2.05) is 72.8 Å². The van der Waals surface area contributed by atoms with E-state index in [9.17, 15) is 0 Å². The first-order chi connectivity index (χ1) is 14.2. The fraction of sp³-hybridized carbons (Fsp3) is 0.130. The summed E-state index contributed by atoms with van der Waals surface area (Å²) in [5, 5.41) is 3.29. The van der Waals surface area contributed by atoms with Gasteiger partial charge in [-0.05, 0) is 72.8 Å². The summed E-state index contributed by atoms with van der Waals surface area (Å²) in [6.07, 6.45) is 1.69. The van der Waals surface area contributed by atoms with Gasteiger partial charge in [-0.25, -0.2) is 4.99 Å². The van der Waals surface area contributed by atoms with Gasteiger partial charge in [0.2, 0.25) is 0 Å². The van der Waals surface area contributed by atoms with Crippen LogP contribution in [0.4, 0.5) is 17.1 Å². The van der Waals surface area contributed by atoms with E-state index >= 15 is 0 Å². The van der Waals surface area contributed by atoms with Crippen LogP contribution in [0.25, 0.3) is 0 Å². The fourth-order valence-corrected chi connectivity index (χ4v) is 2.51. The minimum absolute atomic E-state index is 0.594. The van der Waals surface area contributed by atoms with E-state index in [0.717, 1.165) is 34.3 Å². The van der Waals surface area contributed by atoms with Crippen molar-refractivity contribution in [3.05, 3.63) is 72.8 Å². The molecule has 3 rings (SSSR count). The van der Waals surface area contributed by atoms with Gasteiger partial charge in [0.1, 0.15) is 23.1 Å². The standard InChI is InChI=1S/C23H23N3O3/c1-27-20-10-4-17(5-11-20)24-16-23(25-18-6-12-21(28-2)13-7-18)26-19-8-14-22(29-3)15-9-19/h4-16H,1-3H3,(H,25,26). The van der Waals surface area contributed by atoms with E-state index in [0.29, 0.717) is 5.84 Å². The number of ether oxygens (including phenoxy) is 3. The number of rotatable bonds is 7. The SMILES string of the molecule is COc1ccc(N=CC(=Nc2ccc(OC)cc2)Nc2ccc(OC)cc2)cc1.